The maximum Gasteiger partial charge on any atom is 0.296 e. The molecule has 0 atom stereocenters. The van der Waals surface area contributed by atoms with Crippen molar-refractivity contribution in [1.82, 2.24) is 29.9 Å². The number of nitrogens with two attached hydrogens (primary N) is 1. The molecule has 428 valence electrons. The number of Topliss-reactive ketones (excluding diaryl/α,β-unsaturated/α-hetero) is 1. The highest BCUT2D eigenvalue weighted by atomic mass is 35.5. The Morgan fingerprint density at radius 2 is 0.988 bits per heavy atom. The first kappa shape index (κ1) is 59.8. The molecule has 82 heavy (non-hydrogen) atoms. The second kappa shape index (κ2) is 22.2. The third-order valence-electron chi connectivity index (χ3n) is 10.4. The highest BCUT2D eigenvalue weighted by Gasteiger charge is 2.37. The summed E-state index contributed by atoms with van der Waals surface area (Å²) in [7, 11) is -30.7. The largest absolute Gasteiger partial charge is 0.396 e. The standard InChI is InChI=1S/C40H29Cl2N15O19S6/c41-35-48-37(44-18-1-7-22(8-2-18)77(59,60)61)52-39(50-35)46-20-5-11-24(26(15-20)79(65,66)67)54-56-32-28(81(71,72)73)13-17-14-29(82(74,75)76)33(34(58)30(17)31(32)43)57-55-25-12-6-21(16-27(25)80(68,69)70)47-40-51-36(42)49-38(53-40)45-19-3-9-23(10-4-19)78(62,63)64/h1-16,55H,43H2,(H,59,60,61)(H,62,63,64)(H,65,66,67)(H,68,69,70)(H,71,72,73)(H,74,75,76)(H2,44,46,48,50,52)(H2,45,47,49,51,53)/b56-54?,57-33+. The Bertz CT molecular complexity index is 4840. The smallest absolute Gasteiger partial charge is 0.296 e. The molecule has 0 saturated carbocycles. The fraction of sp³-hybridized carbons (Fsp3) is 0. The SMILES string of the molecule is Nc1c(N=Nc2ccc(N=c3nc(Nc4ccc(S(=O)(=O)O)cc4)nc(Cl)[nH]3)cc2S(=O)(=O)O)c(S(=O)(=O)O)cc2c1C(=O)/C(=N/Nc1ccc(N=c3nc(Nc4ccc(S(=O)(=O)O)cc4)nc(Cl)[nH]3)cc1S(=O)(=O)O)C(S(=O)(=O)O)=C2. The number of anilines is 6. The molecule has 13 N–H and O–H groups in total. The number of nitrogen functional groups attached to an aromatic ring is 1. The summed E-state index contributed by atoms with van der Waals surface area (Å²) in [4.78, 5) is 37.8. The van der Waals surface area contributed by atoms with E-state index in [2.05, 4.69) is 71.3 Å². The van der Waals surface area contributed by atoms with Crippen molar-refractivity contribution in [2.75, 3.05) is 21.8 Å². The van der Waals surface area contributed by atoms with Gasteiger partial charge in [0.15, 0.2) is 5.71 Å². The number of carbonyl (C=O) groups excluding carboxylic acids is 1. The topological polar surface area (TPSA) is 550 Å². The van der Waals surface area contributed by atoms with Gasteiger partial charge in [0.1, 0.15) is 31.0 Å². The van der Waals surface area contributed by atoms with E-state index in [1.165, 1.54) is 24.3 Å². The Morgan fingerprint density at radius 1 is 0.524 bits per heavy atom. The minimum atomic E-state index is -5.56. The lowest BCUT2D eigenvalue weighted by atomic mass is 9.92. The van der Waals surface area contributed by atoms with E-state index in [4.69, 9.17) is 28.9 Å². The quantitative estimate of drug-likeness (QED) is 0.0277. The maximum absolute atomic E-state index is 14.2. The van der Waals surface area contributed by atoms with E-state index in [9.17, 15) is 82.6 Å². The fourth-order valence-corrected chi connectivity index (χ4v) is 10.9. The minimum absolute atomic E-state index is 0.202. The molecular weight excluding hydrogens is 1260 g/mol. The maximum atomic E-state index is 14.2. The minimum Gasteiger partial charge on any atom is -0.396 e. The second-order valence-electron chi connectivity index (χ2n) is 16.0. The zero-order chi connectivity index (χ0) is 60.1. The van der Waals surface area contributed by atoms with Crippen LogP contribution in [0, 0.1) is 0 Å². The molecule has 0 aliphatic heterocycles. The molecule has 8 rings (SSSR count). The predicted octanol–water partition coefficient (Wildman–Crippen LogP) is 4.31. The average molecular weight is 1290 g/mol. The summed E-state index contributed by atoms with van der Waals surface area (Å²) in [5, 5.41) is 15.7. The summed E-state index contributed by atoms with van der Waals surface area (Å²) < 4.78 is 207. The summed E-state index contributed by atoms with van der Waals surface area (Å²) in [5.41, 5.74) is 1.02. The van der Waals surface area contributed by atoms with Gasteiger partial charge in [-0.05, 0) is 126 Å². The van der Waals surface area contributed by atoms with Gasteiger partial charge in [-0.2, -0.15) is 75.5 Å². The summed E-state index contributed by atoms with van der Waals surface area (Å²) in [6.45, 7) is 0. The fourth-order valence-electron chi connectivity index (χ4n) is 6.94. The molecule has 2 heterocycles. The first-order chi connectivity index (χ1) is 38.0. The number of nitrogens with zero attached hydrogens (tertiary/aromatic N) is 9. The van der Waals surface area contributed by atoms with Crippen LogP contribution in [0.25, 0.3) is 6.08 Å². The van der Waals surface area contributed by atoms with Gasteiger partial charge in [0.25, 0.3) is 60.7 Å². The van der Waals surface area contributed by atoms with Crippen molar-refractivity contribution in [1.29, 1.82) is 0 Å². The van der Waals surface area contributed by atoms with Gasteiger partial charge in [0, 0.05) is 11.4 Å². The lowest BCUT2D eigenvalue weighted by molar-refractivity contribution is 0.106. The number of carbonyl (C=O) groups is 1. The molecule has 0 amide bonds. The van der Waals surface area contributed by atoms with E-state index in [0.29, 0.717) is 12.1 Å². The van der Waals surface area contributed by atoms with Crippen LogP contribution in [0.15, 0.2) is 146 Å². The Kier molecular flexibility index (Phi) is 16.2. The van der Waals surface area contributed by atoms with E-state index in [0.717, 1.165) is 60.7 Å². The van der Waals surface area contributed by atoms with Gasteiger partial charge in [0.05, 0.1) is 38.1 Å². The van der Waals surface area contributed by atoms with Crippen LogP contribution in [0.4, 0.5) is 57.4 Å². The molecule has 34 nitrogen and oxygen atoms in total. The van der Waals surface area contributed by atoms with Crippen molar-refractivity contribution in [3.8, 4) is 0 Å². The molecule has 0 unspecified atom stereocenters. The van der Waals surface area contributed by atoms with Crippen molar-refractivity contribution in [3.05, 3.63) is 129 Å². The molecule has 1 aliphatic rings. The molecule has 0 saturated heterocycles. The van der Waals surface area contributed by atoms with Crippen LogP contribution in [0.2, 0.25) is 10.6 Å². The summed E-state index contributed by atoms with van der Waals surface area (Å²) in [6, 6.07) is 15.0. The predicted molar refractivity (Wildman–Crippen MR) is 285 cm³/mol. The van der Waals surface area contributed by atoms with Gasteiger partial charge in [-0.25, -0.2) is 9.98 Å². The number of allylic oxidation sites excluding steroid dienone is 1. The van der Waals surface area contributed by atoms with E-state index in [1.807, 2.05) is 0 Å². The molecule has 7 aromatic rings. The number of fused-ring (bicyclic) bond motifs is 1. The summed E-state index contributed by atoms with van der Waals surface area (Å²) >= 11 is 12.2. The Balaban J connectivity index is 1.13. The number of nitrogens with one attached hydrogen (secondary N) is 5. The second-order valence-corrected chi connectivity index (χ2v) is 25.1. The van der Waals surface area contributed by atoms with Gasteiger partial charge in [-0.1, -0.05) is 0 Å². The number of hydrazone groups is 1. The first-order valence-corrected chi connectivity index (χ1v) is 30.6. The number of halogens is 2. The van der Waals surface area contributed by atoms with Crippen molar-refractivity contribution in [2.24, 2.45) is 25.3 Å². The third kappa shape index (κ3) is 14.0. The van der Waals surface area contributed by atoms with Crippen LogP contribution in [0.5, 0.6) is 0 Å². The van der Waals surface area contributed by atoms with Crippen LogP contribution in [0.1, 0.15) is 15.9 Å². The van der Waals surface area contributed by atoms with Gasteiger partial charge in [0.2, 0.25) is 39.5 Å². The molecule has 42 heteroatoms. The Morgan fingerprint density at radius 3 is 1.44 bits per heavy atom. The number of aromatic amines is 2. The number of hydrogen-bond acceptors (Lipinski definition) is 26. The van der Waals surface area contributed by atoms with E-state index >= 15 is 0 Å². The molecule has 2 aromatic heterocycles. The number of benzene rings is 5. The molecule has 5 aromatic carbocycles. The molecular formula is C40H29Cl2N15O19S6. The Hall–Kier alpha value is -8.36. The van der Waals surface area contributed by atoms with Crippen LogP contribution in [-0.4, -0.2) is 119 Å². The number of ketones is 1. The normalized spacial score (nSPS) is 14.5. The molecule has 1 aliphatic carbocycles. The molecule has 0 spiro atoms. The van der Waals surface area contributed by atoms with Crippen molar-refractivity contribution >= 4 is 159 Å². The summed E-state index contributed by atoms with van der Waals surface area (Å²) in [5.74, 6) is -2.05. The van der Waals surface area contributed by atoms with Crippen LogP contribution in [-0.2, 0) is 60.7 Å². The lowest BCUT2D eigenvalue weighted by Gasteiger charge is -2.20. The highest BCUT2D eigenvalue weighted by molar-refractivity contribution is 7.91. The van der Waals surface area contributed by atoms with E-state index in [-0.39, 0.29) is 56.4 Å². The molecule has 0 bridgehead atoms. The zero-order valence-electron chi connectivity index (χ0n) is 39.5. The third-order valence-corrected chi connectivity index (χ3v) is 16.0. The zero-order valence-corrected chi connectivity index (χ0v) is 45.9. The first-order valence-electron chi connectivity index (χ1n) is 21.2. The van der Waals surface area contributed by atoms with Crippen LogP contribution >= 0.6 is 23.2 Å². The van der Waals surface area contributed by atoms with Crippen molar-refractivity contribution < 1.29 is 82.6 Å². The van der Waals surface area contributed by atoms with Crippen LogP contribution in [0.3, 0.4) is 0 Å². The van der Waals surface area contributed by atoms with E-state index < -0.39 is 135 Å². The number of H-pyrrole nitrogens is 2. The van der Waals surface area contributed by atoms with Gasteiger partial charge in [-0.3, -0.25) is 47.5 Å². The Labute approximate surface area is 468 Å². The molecule has 0 fully saturated rings. The number of rotatable bonds is 16. The van der Waals surface area contributed by atoms with Gasteiger partial charge < -0.3 is 16.4 Å². The molecule has 0 radical (unpaired) electrons. The average Bonchev–Trinajstić information content (AvgIpc) is 1.51. The monoisotopic (exact) mass is 1280 g/mol. The van der Waals surface area contributed by atoms with Crippen molar-refractivity contribution in [3.63, 3.8) is 0 Å². The lowest BCUT2D eigenvalue weighted by Crippen LogP contribution is -2.28. The number of azo groups is 1. The van der Waals surface area contributed by atoms with Gasteiger partial charge >= 0.3 is 0 Å². The van der Waals surface area contributed by atoms with Crippen molar-refractivity contribution in [2.45, 2.75) is 24.5 Å². The number of aromatic nitrogens is 6. The van der Waals surface area contributed by atoms with E-state index in [1.54, 1.807) is 0 Å². The van der Waals surface area contributed by atoms with Crippen LogP contribution < -0.4 is 33.0 Å². The number of hydrogen-bond donors (Lipinski definition) is 12. The van der Waals surface area contributed by atoms with Gasteiger partial charge in [-0.15, -0.1) is 10.2 Å². The highest BCUT2D eigenvalue weighted by Crippen LogP contribution is 2.42. The summed E-state index contributed by atoms with van der Waals surface area (Å²) in [6.07, 6.45) is 0.467.